The summed E-state index contributed by atoms with van der Waals surface area (Å²) in [6.07, 6.45) is 0. The van der Waals surface area contributed by atoms with E-state index < -0.39 is 0 Å². The van der Waals surface area contributed by atoms with Crippen molar-refractivity contribution in [3.05, 3.63) is 22.7 Å². The number of thioether (sulfide) groups is 1. The van der Waals surface area contributed by atoms with Crippen LogP contribution in [0.2, 0.25) is 0 Å². The Bertz CT molecular complexity index is 345. The Labute approximate surface area is 96.2 Å². The molecule has 4 heteroatoms. The van der Waals surface area contributed by atoms with Gasteiger partial charge >= 0.3 is 0 Å². The molecule has 0 radical (unpaired) electrons. The first-order valence-corrected chi connectivity index (χ1v) is 6.22. The molecule has 0 bridgehead atoms. The highest BCUT2D eigenvalue weighted by Crippen LogP contribution is 2.41. The summed E-state index contributed by atoms with van der Waals surface area (Å²) in [6, 6.07) is 6.42. The van der Waals surface area contributed by atoms with E-state index in [0.29, 0.717) is 6.04 Å². The van der Waals surface area contributed by atoms with Crippen LogP contribution in [0.4, 0.5) is 5.69 Å². The number of aliphatic hydroxyl groups excluding tert-OH is 1. The molecule has 76 valence electrons. The van der Waals surface area contributed by atoms with E-state index in [9.17, 15) is 5.11 Å². The van der Waals surface area contributed by atoms with Crippen molar-refractivity contribution in [1.29, 1.82) is 0 Å². The second kappa shape index (κ2) is 4.13. The van der Waals surface area contributed by atoms with Gasteiger partial charge in [-0.25, -0.2) is 0 Å². The van der Waals surface area contributed by atoms with Crippen LogP contribution < -0.4 is 5.32 Å². The molecule has 1 aliphatic heterocycles. The van der Waals surface area contributed by atoms with Gasteiger partial charge in [0, 0.05) is 15.4 Å². The summed E-state index contributed by atoms with van der Waals surface area (Å²) in [5.41, 5.74) is 1.15. The van der Waals surface area contributed by atoms with E-state index in [1.54, 1.807) is 11.8 Å². The van der Waals surface area contributed by atoms with Crippen LogP contribution in [0, 0.1) is 0 Å². The largest absolute Gasteiger partial charge is 0.395 e. The zero-order chi connectivity index (χ0) is 10.1. The normalized spacial score (nSPS) is 25.4. The van der Waals surface area contributed by atoms with Crippen molar-refractivity contribution in [3.8, 4) is 0 Å². The molecule has 0 aromatic heterocycles. The summed E-state index contributed by atoms with van der Waals surface area (Å²) < 4.78 is 1.09. The zero-order valence-electron chi connectivity index (χ0n) is 7.83. The summed E-state index contributed by atoms with van der Waals surface area (Å²) in [6.45, 7) is 2.31. The number of fused-ring (bicyclic) bond motifs is 1. The Hall–Kier alpha value is -0.190. The fourth-order valence-corrected chi connectivity index (χ4v) is 3.25. The van der Waals surface area contributed by atoms with Gasteiger partial charge in [-0.2, -0.15) is 0 Å². The quantitative estimate of drug-likeness (QED) is 0.826. The van der Waals surface area contributed by atoms with E-state index in [1.807, 2.05) is 12.1 Å². The first kappa shape index (κ1) is 10.3. The van der Waals surface area contributed by atoms with Crippen LogP contribution in [0.3, 0.4) is 0 Å². The van der Waals surface area contributed by atoms with Crippen molar-refractivity contribution in [3.63, 3.8) is 0 Å². The molecular formula is C10H12BrNOS. The highest BCUT2D eigenvalue weighted by atomic mass is 79.9. The Kier molecular flexibility index (Phi) is 3.04. The molecule has 2 unspecified atom stereocenters. The maximum absolute atomic E-state index is 9.18. The zero-order valence-corrected chi connectivity index (χ0v) is 10.2. The van der Waals surface area contributed by atoms with Crippen molar-refractivity contribution in [2.75, 3.05) is 11.9 Å². The minimum absolute atomic E-state index is 0.213. The van der Waals surface area contributed by atoms with E-state index in [2.05, 4.69) is 34.2 Å². The number of nitrogens with one attached hydrogen (secondary N) is 1. The van der Waals surface area contributed by atoms with Crippen molar-refractivity contribution in [2.45, 2.75) is 23.1 Å². The Morgan fingerprint density at radius 1 is 1.57 bits per heavy atom. The highest BCUT2D eigenvalue weighted by Gasteiger charge is 2.25. The number of benzene rings is 1. The number of para-hydroxylation sites is 1. The van der Waals surface area contributed by atoms with Gasteiger partial charge in [0.25, 0.3) is 0 Å². The average Bonchev–Trinajstić information content (AvgIpc) is 2.19. The van der Waals surface area contributed by atoms with Crippen molar-refractivity contribution in [2.24, 2.45) is 0 Å². The van der Waals surface area contributed by atoms with Gasteiger partial charge in [-0.15, -0.1) is 11.8 Å². The third kappa shape index (κ3) is 1.78. The predicted molar refractivity (Wildman–Crippen MR) is 64.0 cm³/mol. The van der Waals surface area contributed by atoms with Crippen LogP contribution in [0.5, 0.6) is 0 Å². The van der Waals surface area contributed by atoms with Gasteiger partial charge in [0.1, 0.15) is 0 Å². The molecular weight excluding hydrogens is 262 g/mol. The number of hydrogen-bond acceptors (Lipinski definition) is 3. The predicted octanol–water partition coefficient (Wildman–Crippen LogP) is 2.72. The molecule has 0 aliphatic carbocycles. The monoisotopic (exact) mass is 273 g/mol. The smallest absolute Gasteiger partial charge is 0.0625 e. The van der Waals surface area contributed by atoms with Crippen LogP contribution in [-0.4, -0.2) is 23.0 Å². The van der Waals surface area contributed by atoms with Crippen molar-refractivity contribution in [1.82, 2.24) is 0 Å². The summed E-state index contributed by atoms with van der Waals surface area (Å²) >= 11 is 5.25. The van der Waals surface area contributed by atoms with Gasteiger partial charge in [0.2, 0.25) is 0 Å². The molecule has 2 atom stereocenters. The topological polar surface area (TPSA) is 32.3 Å². The molecule has 0 spiro atoms. The van der Waals surface area contributed by atoms with Crippen LogP contribution in [0.1, 0.15) is 6.92 Å². The average molecular weight is 274 g/mol. The van der Waals surface area contributed by atoms with Gasteiger partial charge in [-0.3, -0.25) is 0 Å². The second-order valence-electron chi connectivity index (χ2n) is 3.38. The third-order valence-corrected chi connectivity index (χ3v) is 4.48. The van der Waals surface area contributed by atoms with Gasteiger partial charge in [-0.1, -0.05) is 6.07 Å². The fraction of sp³-hybridized carbons (Fsp3) is 0.400. The molecule has 2 nitrogen and oxygen atoms in total. The number of aliphatic hydroxyl groups is 1. The molecule has 0 saturated heterocycles. The summed E-state index contributed by atoms with van der Waals surface area (Å²) in [5, 5.41) is 12.8. The molecule has 0 saturated carbocycles. The first-order valence-electron chi connectivity index (χ1n) is 4.55. The maximum Gasteiger partial charge on any atom is 0.0625 e. The lowest BCUT2D eigenvalue weighted by molar-refractivity contribution is 0.287. The van der Waals surface area contributed by atoms with E-state index in [-0.39, 0.29) is 11.9 Å². The minimum atomic E-state index is 0.213. The molecule has 1 aliphatic rings. The van der Waals surface area contributed by atoms with Crippen LogP contribution in [-0.2, 0) is 0 Å². The number of halogens is 1. The highest BCUT2D eigenvalue weighted by molar-refractivity contribution is 9.10. The van der Waals surface area contributed by atoms with Crippen LogP contribution in [0.15, 0.2) is 27.6 Å². The standard InChI is InChI=1S/C10H12BrNOS/c1-6-9(5-13)14-8-4-2-3-7(11)10(8)12-6/h2-4,6,9,12-13H,5H2,1H3. The van der Waals surface area contributed by atoms with E-state index in [1.165, 1.54) is 4.90 Å². The van der Waals surface area contributed by atoms with Gasteiger partial charge in [0.05, 0.1) is 17.5 Å². The van der Waals surface area contributed by atoms with E-state index in [4.69, 9.17) is 0 Å². The summed E-state index contributed by atoms with van der Waals surface area (Å²) in [5.74, 6) is 0. The lowest BCUT2D eigenvalue weighted by atomic mass is 10.2. The minimum Gasteiger partial charge on any atom is -0.395 e. The number of rotatable bonds is 1. The maximum atomic E-state index is 9.18. The fourth-order valence-electron chi connectivity index (χ4n) is 1.52. The van der Waals surface area contributed by atoms with Crippen LogP contribution in [0.25, 0.3) is 0 Å². The first-order chi connectivity index (χ1) is 6.72. The molecule has 14 heavy (non-hydrogen) atoms. The van der Waals surface area contributed by atoms with Gasteiger partial charge in [0.15, 0.2) is 0 Å². The molecule has 0 amide bonds. The Morgan fingerprint density at radius 2 is 2.36 bits per heavy atom. The molecule has 1 aromatic rings. The second-order valence-corrected chi connectivity index (χ2v) is 5.52. The number of hydrogen-bond donors (Lipinski definition) is 2. The Morgan fingerprint density at radius 3 is 3.07 bits per heavy atom. The summed E-state index contributed by atoms with van der Waals surface area (Å²) in [7, 11) is 0. The molecule has 0 fully saturated rings. The van der Waals surface area contributed by atoms with Gasteiger partial charge in [-0.05, 0) is 35.0 Å². The SMILES string of the molecule is CC1Nc2c(Br)cccc2SC1CO. The number of anilines is 1. The van der Waals surface area contributed by atoms with E-state index >= 15 is 0 Å². The van der Waals surface area contributed by atoms with Crippen LogP contribution >= 0.6 is 27.7 Å². The molecule has 1 aromatic carbocycles. The Balaban J connectivity index is 2.35. The molecule has 1 heterocycles. The van der Waals surface area contributed by atoms with E-state index in [0.717, 1.165) is 10.2 Å². The van der Waals surface area contributed by atoms with Crippen molar-refractivity contribution < 1.29 is 5.11 Å². The summed E-state index contributed by atoms with van der Waals surface area (Å²) in [4.78, 5) is 1.21. The lowest BCUT2D eigenvalue weighted by Crippen LogP contribution is -2.34. The molecule has 2 N–H and O–H groups in total. The molecule has 2 rings (SSSR count). The van der Waals surface area contributed by atoms with Crippen molar-refractivity contribution >= 4 is 33.4 Å². The third-order valence-electron chi connectivity index (χ3n) is 2.36. The lowest BCUT2D eigenvalue weighted by Gasteiger charge is -2.31. The van der Waals surface area contributed by atoms with Gasteiger partial charge < -0.3 is 10.4 Å².